The van der Waals surface area contributed by atoms with Crippen molar-refractivity contribution in [1.29, 1.82) is 0 Å². The van der Waals surface area contributed by atoms with Crippen LogP contribution in [0.3, 0.4) is 0 Å². The first kappa shape index (κ1) is 14.7. The van der Waals surface area contributed by atoms with Crippen LogP contribution in [0.15, 0.2) is 23.1 Å². The molecule has 0 atom stereocenters. The molecule has 0 bridgehead atoms. The van der Waals surface area contributed by atoms with Crippen LogP contribution >= 0.6 is 0 Å². The number of hydrogen-bond donors (Lipinski definition) is 2. The van der Waals surface area contributed by atoms with Crippen molar-refractivity contribution in [2.24, 2.45) is 0 Å². The second-order valence-corrected chi connectivity index (χ2v) is 6.81. The number of benzene rings is 1. The van der Waals surface area contributed by atoms with Crippen LogP contribution in [0, 0.1) is 5.82 Å². The summed E-state index contributed by atoms with van der Waals surface area (Å²) in [5, 5.41) is 2.67. The number of halogens is 1. The molecule has 0 aromatic heterocycles. The molecule has 1 saturated carbocycles. The molecule has 3 N–H and O–H groups in total. The predicted molar refractivity (Wildman–Crippen MR) is 71.8 cm³/mol. The molecule has 1 aliphatic carbocycles. The molecule has 0 heterocycles. The Kier molecular flexibility index (Phi) is 3.96. The third-order valence-electron chi connectivity index (χ3n) is 2.95. The lowest BCUT2D eigenvalue weighted by atomic mass is 10.3. The van der Waals surface area contributed by atoms with E-state index in [0.29, 0.717) is 0 Å². The monoisotopic (exact) mass is 301 g/mol. The number of amides is 1. The van der Waals surface area contributed by atoms with Gasteiger partial charge in [-0.15, -0.1) is 0 Å². The Labute approximate surface area is 116 Å². The molecular weight excluding hydrogens is 285 g/mol. The number of nitrogens with zero attached hydrogens (tertiary/aromatic N) is 1. The molecular formula is C12H16FN3O3S. The molecule has 1 aromatic rings. The van der Waals surface area contributed by atoms with Gasteiger partial charge in [0.25, 0.3) is 0 Å². The van der Waals surface area contributed by atoms with Gasteiger partial charge in [-0.05, 0) is 31.0 Å². The highest BCUT2D eigenvalue weighted by Crippen LogP contribution is 2.21. The third kappa shape index (κ3) is 3.26. The van der Waals surface area contributed by atoms with E-state index in [1.165, 1.54) is 13.1 Å². The van der Waals surface area contributed by atoms with E-state index in [-0.39, 0.29) is 18.3 Å². The first-order chi connectivity index (χ1) is 9.30. The summed E-state index contributed by atoms with van der Waals surface area (Å²) in [7, 11) is -2.82. The summed E-state index contributed by atoms with van der Waals surface area (Å²) in [6.45, 7) is -0.345. The second kappa shape index (κ2) is 5.37. The number of rotatable bonds is 5. The van der Waals surface area contributed by atoms with Gasteiger partial charge in [-0.25, -0.2) is 12.8 Å². The molecule has 110 valence electrons. The van der Waals surface area contributed by atoms with E-state index in [2.05, 4.69) is 5.32 Å². The van der Waals surface area contributed by atoms with Crippen LogP contribution in [0.5, 0.6) is 0 Å². The van der Waals surface area contributed by atoms with Crippen molar-refractivity contribution in [2.45, 2.75) is 23.8 Å². The van der Waals surface area contributed by atoms with Crippen molar-refractivity contribution in [2.75, 3.05) is 19.3 Å². The van der Waals surface area contributed by atoms with Crippen molar-refractivity contribution in [3.63, 3.8) is 0 Å². The summed E-state index contributed by atoms with van der Waals surface area (Å²) in [5.41, 5.74) is 5.51. The number of nitrogens with two attached hydrogens (primary N) is 1. The number of nitrogen functional groups attached to an aromatic ring is 1. The molecule has 0 spiro atoms. The van der Waals surface area contributed by atoms with E-state index in [0.717, 1.165) is 29.3 Å². The molecule has 0 aliphatic heterocycles. The predicted octanol–water partition coefficient (Wildman–Crippen LogP) is 0.307. The van der Waals surface area contributed by atoms with Crippen LogP contribution in [0.25, 0.3) is 0 Å². The average Bonchev–Trinajstić information content (AvgIpc) is 3.11. The van der Waals surface area contributed by atoms with Gasteiger partial charge in [0, 0.05) is 18.8 Å². The summed E-state index contributed by atoms with van der Waals surface area (Å²) in [5.74, 6) is -1.33. The number of likely N-dealkylation sites (N-methyl/N-ethyl adjacent to an activating group) is 1. The smallest absolute Gasteiger partial charge is 0.246 e. The van der Waals surface area contributed by atoms with Crippen molar-refractivity contribution in [1.82, 2.24) is 9.62 Å². The van der Waals surface area contributed by atoms with E-state index in [1.807, 2.05) is 0 Å². The fraction of sp³-hybridized carbons (Fsp3) is 0.417. The van der Waals surface area contributed by atoms with Crippen LogP contribution in [0.4, 0.5) is 10.1 Å². The summed E-state index contributed by atoms with van der Waals surface area (Å²) in [6, 6.07) is 3.47. The Morgan fingerprint density at radius 1 is 1.50 bits per heavy atom. The first-order valence-electron chi connectivity index (χ1n) is 6.11. The van der Waals surface area contributed by atoms with Crippen LogP contribution in [0.1, 0.15) is 12.8 Å². The Morgan fingerprint density at radius 2 is 2.15 bits per heavy atom. The maximum atomic E-state index is 13.7. The fourth-order valence-corrected chi connectivity index (χ4v) is 2.85. The Morgan fingerprint density at radius 3 is 2.70 bits per heavy atom. The molecule has 1 fully saturated rings. The highest BCUT2D eigenvalue weighted by molar-refractivity contribution is 7.89. The molecule has 20 heavy (non-hydrogen) atoms. The van der Waals surface area contributed by atoms with Crippen LogP contribution in [-0.2, 0) is 14.8 Å². The van der Waals surface area contributed by atoms with Crippen molar-refractivity contribution in [3.05, 3.63) is 24.0 Å². The fourth-order valence-electron chi connectivity index (χ4n) is 1.68. The van der Waals surface area contributed by atoms with E-state index < -0.39 is 26.6 Å². The summed E-state index contributed by atoms with van der Waals surface area (Å²) >= 11 is 0. The van der Waals surface area contributed by atoms with Gasteiger partial charge < -0.3 is 11.1 Å². The van der Waals surface area contributed by atoms with Crippen molar-refractivity contribution in [3.8, 4) is 0 Å². The van der Waals surface area contributed by atoms with E-state index in [9.17, 15) is 17.6 Å². The molecule has 1 aliphatic rings. The standard InChI is InChI=1S/C12H16FN3O3S/c1-16(7-12(17)15-9-3-4-9)20(18,19)11-5-2-8(14)6-10(11)13/h2,5-6,9H,3-4,7,14H2,1H3,(H,15,17). The van der Waals surface area contributed by atoms with Gasteiger partial charge in [0.1, 0.15) is 10.7 Å². The Hall–Kier alpha value is -1.67. The van der Waals surface area contributed by atoms with Gasteiger partial charge in [0.2, 0.25) is 15.9 Å². The summed E-state index contributed by atoms with van der Waals surface area (Å²) in [4.78, 5) is 11.1. The molecule has 0 radical (unpaired) electrons. The maximum Gasteiger partial charge on any atom is 0.246 e. The van der Waals surface area contributed by atoms with E-state index in [1.54, 1.807) is 0 Å². The number of carbonyl (C=O) groups is 1. The number of nitrogens with one attached hydrogen (secondary N) is 1. The lowest BCUT2D eigenvalue weighted by Gasteiger charge is -2.17. The Balaban J connectivity index is 2.13. The van der Waals surface area contributed by atoms with Gasteiger partial charge in [0.05, 0.1) is 6.54 Å². The molecule has 0 saturated heterocycles. The first-order valence-corrected chi connectivity index (χ1v) is 7.55. The zero-order chi connectivity index (χ0) is 14.9. The SMILES string of the molecule is CN(CC(=O)NC1CC1)S(=O)(=O)c1ccc(N)cc1F. The van der Waals surface area contributed by atoms with Crippen LogP contribution in [0.2, 0.25) is 0 Å². The van der Waals surface area contributed by atoms with Gasteiger partial charge in [-0.2, -0.15) is 4.31 Å². The van der Waals surface area contributed by atoms with Gasteiger partial charge in [0.15, 0.2) is 0 Å². The average molecular weight is 301 g/mol. The minimum Gasteiger partial charge on any atom is -0.399 e. The van der Waals surface area contributed by atoms with E-state index in [4.69, 9.17) is 5.73 Å². The largest absolute Gasteiger partial charge is 0.399 e. The van der Waals surface area contributed by atoms with E-state index >= 15 is 0 Å². The quantitative estimate of drug-likeness (QED) is 0.765. The van der Waals surface area contributed by atoms with Gasteiger partial charge >= 0.3 is 0 Å². The zero-order valence-electron chi connectivity index (χ0n) is 11.0. The minimum atomic E-state index is -4.05. The second-order valence-electron chi connectivity index (χ2n) is 4.79. The normalized spacial score (nSPS) is 15.3. The van der Waals surface area contributed by atoms with Crippen LogP contribution < -0.4 is 11.1 Å². The maximum absolute atomic E-state index is 13.7. The molecule has 6 nitrogen and oxygen atoms in total. The minimum absolute atomic E-state index is 0.135. The lowest BCUT2D eigenvalue weighted by molar-refractivity contribution is -0.121. The molecule has 2 rings (SSSR count). The molecule has 1 aromatic carbocycles. The van der Waals surface area contributed by atoms with Gasteiger partial charge in [-0.3, -0.25) is 4.79 Å². The van der Waals surface area contributed by atoms with Crippen LogP contribution in [-0.4, -0.2) is 38.3 Å². The number of sulfonamides is 1. The highest BCUT2D eigenvalue weighted by atomic mass is 32.2. The molecule has 1 amide bonds. The Bertz CT molecular complexity index is 629. The lowest BCUT2D eigenvalue weighted by Crippen LogP contribution is -2.39. The van der Waals surface area contributed by atoms with Crippen molar-refractivity contribution < 1.29 is 17.6 Å². The topological polar surface area (TPSA) is 92.5 Å². The summed E-state index contributed by atoms with van der Waals surface area (Å²) in [6.07, 6.45) is 1.82. The highest BCUT2D eigenvalue weighted by Gasteiger charge is 2.28. The molecule has 8 heteroatoms. The number of carbonyl (C=O) groups excluding carboxylic acids is 1. The zero-order valence-corrected chi connectivity index (χ0v) is 11.8. The van der Waals surface area contributed by atoms with Crippen molar-refractivity contribution >= 4 is 21.6 Å². The summed E-state index contributed by atoms with van der Waals surface area (Å²) < 4.78 is 38.8. The third-order valence-corrected chi connectivity index (χ3v) is 4.79. The number of anilines is 1. The molecule has 0 unspecified atom stereocenters. The number of hydrogen-bond acceptors (Lipinski definition) is 4. The van der Waals surface area contributed by atoms with Gasteiger partial charge in [-0.1, -0.05) is 0 Å².